The second kappa shape index (κ2) is 10.9. The molecular formula is C33H37N3O2. The Balaban J connectivity index is 1.55. The van der Waals surface area contributed by atoms with Crippen LogP contribution >= 0.6 is 0 Å². The molecule has 5 heteroatoms. The molecule has 1 aliphatic carbocycles. The number of aromatic nitrogens is 1. The first-order valence-electron chi connectivity index (χ1n) is 13.7. The molecule has 4 aromatic rings. The molecule has 1 heterocycles. The molecule has 5 nitrogen and oxygen atoms in total. The highest BCUT2D eigenvalue weighted by Crippen LogP contribution is 2.37. The minimum atomic E-state index is -0.903. The Morgan fingerprint density at radius 2 is 1.50 bits per heavy atom. The quantitative estimate of drug-likeness (QED) is 0.280. The summed E-state index contributed by atoms with van der Waals surface area (Å²) in [6.45, 7) is 6.59. The van der Waals surface area contributed by atoms with Crippen molar-refractivity contribution in [1.29, 1.82) is 0 Å². The molecule has 0 aliphatic heterocycles. The van der Waals surface area contributed by atoms with Gasteiger partial charge in [0.25, 0.3) is 5.91 Å². The van der Waals surface area contributed by atoms with Gasteiger partial charge in [0.05, 0.1) is 0 Å². The Morgan fingerprint density at radius 1 is 0.842 bits per heavy atom. The van der Waals surface area contributed by atoms with E-state index < -0.39 is 5.54 Å². The van der Waals surface area contributed by atoms with Crippen LogP contribution in [0.2, 0.25) is 0 Å². The van der Waals surface area contributed by atoms with Gasteiger partial charge < -0.3 is 15.2 Å². The van der Waals surface area contributed by atoms with Crippen molar-refractivity contribution in [2.45, 2.75) is 64.8 Å². The standard InChI is InChI=1S/C33H37N3O2/c1-23-13-12-14-24(2)30(23)35-32(38)33(20-10-5-11-21-33)36(31(37)26-15-6-4-7-16-26)22-19-27-25(3)34-29-18-9-8-17-28(27)29/h4,6-9,12-18,34H,5,10-11,19-22H2,1-3H3,(H,35,38). The number of fused-ring (bicyclic) bond motifs is 1. The van der Waals surface area contributed by atoms with Crippen LogP contribution in [-0.4, -0.2) is 33.8 Å². The molecule has 5 rings (SSSR count). The van der Waals surface area contributed by atoms with Crippen molar-refractivity contribution in [3.63, 3.8) is 0 Å². The first-order chi connectivity index (χ1) is 18.4. The van der Waals surface area contributed by atoms with E-state index in [4.69, 9.17) is 0 Å². The van der Waals surface area contributed by atoms with E-state index in [0.717, 1.165) is 47.3 Å². The Morgan fingerprint density at radius 3 is 2.21 bits per heavy atom. The van der Waals surface area contributed by atoms with Crippen LogP contribution in [0.25, 0.3) is 10.9 Å². The van der Waals surface area contributed by atoms with Crippen molar-refractivity contribution in [1.82, 2.24) is 9.88 Å². The topological polar surface area (TPSA) is 65.2 Å². The summed E-state index contributed by atoms with van der Waals surface area (Å²) in [5, 5.41) is 4.45. The van der Waals surface area contributed by atoms with E-state index in [1.165, 1.54) is 10.9 Å². The molecule has 38 heavy (non-hydrogen) atoms. The van der Waals surface area contributed by atoms with Gasteiger partial charge in [-0.15, -0.1) is 0 Å². The summed E-state index contributed by atoms with van der Waals surface area (Å²) < 4.78 is 0. The van der Waals surface area contributed by atoms with Crippen LogP contribution in [0.4, 0.5) is 5.69 Å². The van der Waals surface area contributed by atoms with Crippen LogP contribution in [0.5, 0.6) is 0 Å². The second-order valence-electron chi connectivity index (χ2n) is 10.7. The highest BCUT2D eigenvalue weighted by molar-refractivity contribution is 6.04. The summed E-state index contributed by atoms with van der Waals surface area (Å²) in [7, 11) is 0. The van der Waals surface area contributed by atoms with Crippen molar-refractivity contribution in [2.75, 3.05) is 11.9 Å². The molecule has 1 fully saturated rings. The predicted molar refractivity (Wildman–Crippen MR) is 155 cm³/mol. The van der Waals surface area contributed by atoms with Gasteiger partial charge in [0.15, 0.2) is 0 Å². The van der Waals surface area contributed by atoms with Gasteiger partial charge in [0.1, 0.15) is 5.54 Å². The smallest absolute Gasteiger partial charge is 0.254 e. The zero-order valence-corrected chi connectivity index (χ0v) is 22.6. The van der Waals surface area contributed by atoms with Gasteiger partial charge in [-0.1, -0.05) is 73.9 Å². The highest BCUT2D eigenvalue weighted by atomic mass is 16.2. The number of nitrogens with zero attached hydrogens (tertiary/aromatic N) is 1. The number of anilines is 1. The molecule has 1 saturated carbocycles. The molecule has 1 aliphatic rings. The van der Waals surface area contributed by atoms with E-state index in [0.29, 0.717) is 31.4 Å². The average molecular weight is 508 g/mol. The molecule has 196 valence electrons. The number of carbonyl (C=O) groups is 2. The van der Waals surface area contributed by atoms with Crippen molar-refractivity contribution in [3.8, 4) is 0 Å². The van der Waals surface area contributed by atoms with E-state index >= 15 is 0 Å². The molecule has 1 aromatic heterocycles. The van der Waals surface area contributed by atoms with Gasteiger partial charge in [-0.05, 0) is 74.9 Å². The van der Waals surface area contributed by atoms with Gasteiger partial charge in [-0.3, -0.25) is 9.59 Å². The number of hydrogen-bond donors (Lipinski definition) is 2. The number of H-pyrrole nitrogens is 1. The molecular weight excluding hydrogens is 470 g/mol. The van der Waals surface area contributed by atoms with E-state index in [1.807, 2.05) is 79.4 Å². The average Bonchev–Trinajstić information content (AvgIpc) is 3.26. The lowest BCUT2D eigenvalue weighted by atomic mass is 9.78. The van der Waals surface area contributed by atoms with Crippen LogP contribution in [0.1, 0.15) is 64.8 Å². The van der Waals surface area contributed by atoms with Crippen molar-refractivity contribution in [2.24, 2.45) is 0 Å². The second-order valence-corrected chi connectivity index (χ2v) is 10.7. The molecule has 0 radical (unpaired) electrons. The van der Waals surface area contributed by atoms with E-state index in [9.17, 15) is 9.59 Å². The summed E-state index contributed by atoms with van der Waals surface area (Å²) in [6.07, 6.45) is 4.92. The molecule has 2 N–H and O–H groups in total. The van der Waals surface area contributed by atoms with Gasteiger partial charge >= 0.3 is 0 Å². The number of carbonyl (C=O) groups excluding carboxylic acids is 2. The molecule has 0 unspecified atom stereocenters. The molecule has 0 spiro atoms. The lowest BCUT2D eigenvalue weighted by molar-refractivity contribution is -0.128. The van der Waals surface area contributed by atoms with Gasteiger partial charge in [-0.25, -0.2) is 0 Å². The maximum atomic E-state index is 14.3. The number of amides is 2. The monoisotopic (exact) mass is 507 g/mol. The summed E-state index contributed by atoms with van der Waals surface area (Å²) in [5.74, 6) is -0.156. The van der Waals surface area contributed by atoms with E-state index in [1.54, 1.807) is 0 Å². The van der Waals surface area contributed by atoms with Crippen molar-refractivity contribution in [3.05, 3.63) is 101 Å². The maximum Gasteiger partial charge on any atom is 0.254 e. The number of benzene rings is 3. The lowest BCUT2D eigenvalue weighted by Gasteiger charge is -2.45. The Bertz CT molecular complexity index is 1430. The zero-order valence-electron chi connectivity index (χ0n) is 22.6. The van der Waals surface area contributed by atoms with Gasteiger partial charge in [0.2, 0.25) is 5.91 Å². The number of aryl methyl sites for hydroxylation is 3. The minimum Gasteiger partial charge on any atom is -0.358 e. The normalized spacial score (nSPS) is 14.8. The number of aromatic amines is 1. The largest absolute Gasteiger partial charge is 0.358 e. The molecule has 0 saturated heterocycles. The minimum absolute atomic E-state index is 0.0745. The number of rotatable bonds is 7. The van der Waals surface area contributed by atoms with Crippen LogP contribution in [-0.2, 0) is 11.2 Å². The summed E-state index contributed by atoms with van der Waals surface area (Å²) in [6, 6.07) is 23.7. The van der Waals surface area contributed by atoms with Gasteiger partial charge in [0, 0.05) is 34.4 Å². The fraction of sp³-hybridized carbons (Fsp3) is 0.333. The Kier molecular flexibility index (Phi) is 7.37. The van der Waals surface area contributed by atoms with Crippen LogP contribution in [0.15, 0.2) is 72.8 Å². The van der Waals surface area contributed by atoms with Crippen molar-refractivity contribution < 1.29 is 9.59 Å². The molecule has 3 aromatic carbocycles. The van der Waals surface area contributed by atoms with Crippen LogP contribution in [0.3, 0.4) is 0 Å². The summed E-state index contributed by atoms with van der Waals surface area (Å²) >= 11 is 0. The summed E-state index contributed by atoms with van der Waals surface area (Å²) in [5.41, 5.74) is 6.03. The fourth-order valence-electron chi connectivity index (χ4n) is 6.12. The molecule has 0 bridgehead atoms. The third-order valence-electron chi connectivity index (χ3n) is 8.22. The van der Waals surface area contributed by atoms with E-state index in [-0.39, 0.29) is 11.8 Å². The number of hydrogen-bond acceptors (Lipinski definition) is 2. The fourth-order valence-corrected chi connectivity index (χ4v) is 6.12. The molecule has 2 amide bonds. The zero-order chi connectivity index (χ0) is 26.7. The van der Waals surface area contributed by atoms with E-state index in [2.05, 4.69) is 29.4 Å². The lowest BCUT2D eigenvalue weighted by Crippen LogP contribution is -2.60. The van der Waals surface area contributed by atoms with Gasteiger partial charge in [-0.2, -0.15) is 0 Å². The summed E-state index contributed by atoms with van der Waals surface area (Å²) in [4.78, 5) is 33.9. The Hall–Kier alpha value is -3.86. The number of nitrogens with one attached hydrogen (secondary N) is 2. The first-order valence-corrected chi connectivity index (χ1v) is 13.7. The van der Waals surface area contributed by atoms with Crippen molar-refractivity contribution >= 4 is 28.4 Å². The third kappa shape index (κ3) is 4.85. The number of para-hydroxylation sites is 2. The third-order valence-corrected chi connectivity index (χ3v) is 8.22. The Labute approximate surface area is 225 Å². The van der Waals surface area contributed by atoms with Crippen LogP contribution in [0, 0.1) is 20.8 Å². The van der Waals surface area contributed by atoms with Crippen LogP contribution < -0.4 is 5.32 Å². The maximum absolute atomic E-state index is 14.3. The highest BCUT2D eigenvalue weighted by Gasteiger charge is 2.47. The predicted octanol–water partition coefficient (Wildman–Crippen LogP) is 7.12. The molecule has 0 atom stereocenters. The SMILES string of the molecule is Cc1cccc(C)c1NC(=O)C1(N(CCc2c(C)[nH]c3ccccc23)C(=O)c2ccccc2)CCCCC1. The first kappa shape index (κ1) is 25.8.